The van der Waals surface area contributed by atoms with Crippen LogP contribution in [0.3, 0.4) is 0 Å². The first-order valence-corrected chi connectivity index (χ1v) is 10.5. The molecule has 0 bridgehead atoms. The van der Waals surface area contributed by atoms with E-state index in [0.29, 0.717) is 0 Å². The van der Waals surface area contributed by atoms with Crippen LogP contribution in [0.4, 0.5) is 0 Å². The first-order chi connectivity index (χ1) is 16.0. The van der Waals surface area contributed by atoms with Gasteiger partial charge in [-0.05, 0) is 0 Å². The van der Waals surface area contributed by atoms with Crippen LogP contribution in [0.1, 0.15) is 0 Å². The summed E-state index contributed by atoms with van der Waals surface area (Å²) < 4.78 is 26.3. The van der Waals surface area contributed by atoms with Crippen LogP contribution in [0.2, 0.25) is 0 Å². The maximum Gasteiger partial charge on any atom is 0.221 e. The Morgan fingerprint density at radius 2 is 1.03 bits per heavy atom. The van der Waals surface area contributed by atoms with E-state index in [0.717, 1.165) is 0 Å². The lowest BCUT2D eigenvalue weighted by Crippen LogP contribution is -2.60. The maximum absolute atomic E-state index is 10.4. The van der Waals surface area contributed by atoms with Crippen LogP contribution in [-0.2, 0) is 23.7 Å². The molecular weight excluding hydrogens is 472 g/mol. The molecule has 3 rings (SSSR count). The van der Waals surface area contributed by atoms with Gasteiger partial charge in [-0.1, -0.05) is 0 Å². The molecule has 0 amide bonds. The zero-order valence-electron chi connectivity index (χ0n) is 17.8. The van der Waals surface area contributed by atoms with Crippen LogP contribution in [0, 0.1) is 0 Å². The molecule has 0 aromatic rings. The fourth-order valence-corrected chi connectivity index (χ4v) is 4.10. The van der Waals surface area contributed by atoms with E-state index in [-0.39, 0.29) is 0 Å². The molecule has 13 atom stereocenters. The van der Waals surface area contributed by atoms with Gasteiger partial charge in [0, 0.05) is 0 Å². The molecule has 0 aromatic carbocycles. The summed E-state index contributed by atoms with van der Waals surface area (Å²) in [5.74, 6) is -4.46. The molecule has 3 aliphatic heterocycles. The molecule has 16 heteroatoms. The molecule has 0 spiro atoms. The molecular formula is C18H32O16. The van der Waals surface area contributed by atoms with E-state index in [4.69, 9.17) is 23.7 Å². The molecule has 16 nitrogen and oxygen atoms in total. The Kier molecular flexibility index (Phi) is 8.85. The Labute approximate surface area is 192 Å². The standard InChI is InChI=1S/C18H32O16/c19-1-6-10(23)14(27)17(4-20,33-6)31-3-8-11(24)15(28)18(5-21,34-8)30-2-7-9(22)12(25)13(26)16(29)32-7/h6-16,19-29H,1-5H2/t6-,7-,8-,9-,10-,11-,12+,13-,14+,15+,16?,17-,18-/m1/s1. The number of aliphatic hydroxyl groups excluding tert-OH is 11. The van der Waals surface area contributed by atoms with Crippen molar-refractivity contribution in [2.75, 3.05) is 33.0 Å². The molecule has 0 aromatic heterocycles. The van der Waals surface area contributed by atoms with Gasteiger partial charge in [0.05, 0.1) is 19.8 Å². The molecule has 0 radical (unpaired) electrons. The van der Waals surface area contributed by atoms with Gasteiger partial charge in [0.25, 0.3) is 0 Å². The molecule has 200 valence electrons. The second-order valence-electron chi connectivity index (χ2n) is 8.46. The Balaban J connectivity index is 1.65. The lowest BCUT2D eigenvalue weighted by Gasteiger charge is -2.40. The summed E-state index contributed by atoms with van der Waals surface area (Å²) >= 11 is 0. The highest BCUT2D eigenvalue weighted by Gasteiger charge is 2.59. The van der Waals surface area contributed by atoms with Gasteiger partial charge in [0.1, 0.15) is 74.3 Å². The van der Waals surface area contributed by atoms with E-state index < -0.39 is 112 Å². The summed E-state index contributed by atoms with van der Waals surface area (Å²) in [6, 6.07) is 0. The highest BCUT2D eigenvalue weighted by molar-refractivity contribution is 5.00. The summed E-state index contributed by atoms with van der Waals surface area (Å²) in [5.41, 5.74) is 0. The minimum atomic E-state index is -2.28. The van der Waals surface area contributed by atoms with Gasteiger partial charge in [-0.15, -0.1) is 0 Å². The smallest absolute Gasteiger partial charge is 0.221 e. The summed E-state index contributed by atoms with van der Waals surface area (Å²) in [7, 11) is 0. The van der Waals surface area contributed by atoms with Gasteiger partial charge in [-0.25, -0.2) is 0 Å². The van der Waals surface area contributed by atoms with Crippen molar-refractivity contribution in [2.45, 2.75) is 78.9 Å². The van der Waals surface area contributed by atoms with Crippen molar-refractivity contribution < 1.29 is 79.9 Å². The second kappa shape index (κ2) is 10.8. The number of rotatable bonds is 9. The van der Waals surface area contributed by atoms with Crippen LogP contribution in [-0.4, -0.2) is 168 Å². The Morgan fingerprint density at radius 1 is 0.559 bits per heavy atom. The fourth-order valence-electron chi connectivity index (χ4n) is 4.10. The summed E-state index contributed by atoms with van der Waals surface area (Å²) in [6.45, 7) is -4.00. The molecule has 1 unspecified atom stereocenters. The van der Waals surface area contributed by atoms with E-state index in [1.165, 1.54) is 0 Å². The van der Waals surface area contributed by atoms with Crippen LogP contribution in [0.15, 0.2) is 0 Å². The van der Waals surface area contributed by atoms with Crippen molar-refractivity contribution in [3.05, 3.63) is 0 Å². The minimum absolute atomic E-state index is 0.655. The Hall–Kier alpha value is -0.640. The first kappa shape index (κ1) is 27.9. The SMILES string of the molecule is OC[C@H]1O[C@@](CO)(OC[C@H]2O[C@@](CO)(OC[C@H]3OC(O)[C@H](O)[C@@H](O)[C@@H]3O)[C@@H](O)[C@@H]2O)[C@@H](O)[C@@H]1O. The maximum atomic E-state index is 10.4. The summed E-state index contributed by atoms with van der Waals surface area (Å²) in [5, 5.41) is 109. The van der Waals surface area contributed by atoms with Crippen molar-refractivity contribution in [2.24, 2.45) is 0 Å². The normalized spacial score (nSPS) is 51.8. The van der Waals surface area contributed by atoms with Crippen molar-refractivity contribution >= 4 is 0 Å². The molecule has 3 saturated heterocycles. The topological polar surface area (TPSA) is 269 Å². The number of hydrogen-bond donors (Lipinski definition) is 11. The van der Waals surface area contributed by atoms with Gasteiger partial charge in [-0.2, -0.15) is 0 Å². The average molecular weight is 504 g/mol. The minimum Gasteiger partial charge on any atom is -0.394 e. The summed E-state index contributed by atoms with van der Waals surface area (Å²) in [4.78, 5) is 0. The molecule has 11 N–H and O–H groups in total. The van der Waals surface area contributed by atoms with Gasteiger partial charge < -0.3 is 79.9 Å². The van der Waals surface area contributed by atoms with Gasteiger partial charge in [0.2, 0.25) is 11.6 Å². The highest BCUT2D eigenvalue weighted by Crippen LogP contribution is 2.37. The van der Waals surface area contributed by atoms with Crippen molar-refractivity contribution in [1.82, 2.24) is 0 Å². The quantitative estimate of drug-likeness (QED) is 0.139. The largest absolute Gasteiger partial charge is 0.394 e. The molecule has 34 heavy (non-hydrogen) atoms. The number of hydrogen-bond acceptors (Lipinski definition) is 16. The lowest BCUT2D eigenvalue weighted by molar-refractivity contribution is -0.327. The first-order valence-electron chi connectivity index (χ1n) is 10.5. The predicted octanol–water partition coefficient (Wildman–Crippen LogP) is -7.57. The van der Waals surface area contributed by atoms with E-state index in [2.05, 4.69) is 0 Å². The van der Waals surface area contributed by atoms with Crippen LogP contribution < -0.4 is 0 Å². The average Bonchev–Trinajstić information content (AvgIpc) is 3.23. The summed E-state index contributed by atoms with van der Waals surface area (Å²) in [6.07, 6.45) is -18.3. The third-order valence-corrected chi connectivity index (χ3v) is 6.30. The molecule has 3 aliphatic rings. The predicted molar refractivity (Wildman–Crippen MR) is 101 cm³/mol. The Bertz CT molecular complexity index is 670. The van der Waals surface area contributed by atoms with Crippen LogP contribution in [0.5, 0.6) is 0 Å². The van der Waals surface area contributed by atoms with E-state index in [1.54, 1.807) is 0 Å². The van der Waals surface area contributed by atoms with E-state index in [1.807, 2.05) is 0 Å². The van der Waals surface area contributed by atoms with Gasteiger partial charge in [-0.3, -0.25) is 0 Å². The molecule has 3 fully saturated rings. The molecule has 3 heterocycles. The van der Waals surface area contributed by atoms with Gasteiger partial charge in [0.15, 0.2) is 6.29 Å². The number of ether oxygens (including phenoxy) is 5. The van der Waals surface area contributed by atoms with Crippen LogP contribution >= 0.6 is 0 Å². The second-order valence-corrected chi connectivity index (χ2v) is 8.46. The zero-order chi connectivity index (χ0) is 25.4. The fraction of sp³-hybridized carbons (Fsp3) is 1.00. The van der Waals surface area contributed by atoms with E-state index in [9.17, 15) is 56.2 Å². The zero-order valence-corrected chi connectivity index (χ0v) is 17.8. The Morgan fingerprint density at radius 3 is 1.50 bits per heavy atom. The van der Waals surface area contributed by atoms with Crippen LogP contribution in [0.25, 0.3) is 0 Å². The molecule has 0 aliphatic carbocycles. The van der Waals surface area contributed by atoms with Crippen molar-refractivity contribution in [3.63, 3.8) is 0 Å². The van der Waals surface area contributed by atoms with Gasteiger partial charge >= 0.3 is 0 Å². The van der Waals surface area contributed by atoms with Crippen molar-refractivity contribution in [3.8, 4) is 0 Å². The third-order valence-electron chi connectivity index (χ3n) is 6.30. The van der Waals surface area contributed by atoms with E-state index >= 15 is 0 Å². The monoisotopic (exact) mass is 504 g/mol. The van der Waals surface area contributed by atoms with Crippen molar-refractivity contribution in [1.29, 1.82) is 0 Å². The molecule has 0 saturated carbocycles. The lowest BCUT2D eigenvalue weighted by atomic mass is 9.99. The third kappa shape index (κ3) is 4.83. The highest BCUT2D eigenvalue weighted by atomic mass is 16.8. The number of aliphatic hydroxyl groups is 11.